The Kier molecular flexibility index (Phi) is 6.09. The highest BCUT2D eigenvalue weighted by atomic mass is 16.1. The molecule has 0 unspecified atom stereocenters. The Morgan fingerprint density at radius 1 is 1.09 bits per heavy atom. The van der Waals surface area contributed by atoms with E-state index >= 15 is 0 Å². The number of rotatable bonds is 7. The van der Waals surface area contributed by atoms with E-state index in [0.717, 1.165) is 24.2 Å². The minimum atomic E-state index is -0.226. The van der Waals surface area contributed by atoms with Crippen molar-refractivity contribution in [3.8, 4) is 0 Å². The van der Waals surface area contributed by atoms with Crippen LogP contribution in [0.4, 0.5) is 11.5 Å². The molecule has 5 nitrogen and oxygen atoms in total. The molecule has 5 heteroatoms. The SMILES string of the molecule is CCCCCNc1cc(C(=O)Nc2ccc(C)cc2)nc(C)n1. The van der Waals surface area contributed by atoms with E-state index in [9.17, 15) is 4.79 Å². The van der Waals surface area contributed by atoms with Gasteiger partial charge in [-0.25, -0.2) is 9.97 Å². The molecule has 0 saturated heterocycles. The maximum absolute atomic E-state index is 12.4. The van der Waals surface area contributed by atoms with Crippen LogP contribution < -0.4 is 10.6 Å². The first-order valence-corrected chi connectivity index (χ1v) is 8.06. The number of aryl methyl sites for hydroxylation is 2. The molecule has 2 N–H and O–H groups in total. The molecule has 1 heterocycles. The number of amides is 1. The van der Waals surface area contributed by atoms with E-state index < -0.39 is 0 Å². The highest BCUT2D eigenvalue weighted by Gasteiger charge is 2.10. The van der Waals surface area contributed by atoms with Crippen LogP contribution in [0.2, 0.25) is 0 Å². The second-order valence-electron chi connectivity index (χ2n) is 5.64. The fourth-order valence-electron chi connectivity index (χ4n) is 2.20. The van der Waals surface area contributed by atoms with Gasteiger partial charge in [0.25, 0.3) is 5.91 Å². The summed E-state index contributed by atoms with van der Waals surface area (Å²) in [4.78, 5) is 20.9. The molecule has 0 spiro atoms. The first-order valence-electron chi connectivity index (χ1n) is 8.06. The molecule has 1 aromatic heterocycles. The molecule has 0 bridgehead atoms. The number of carbonyl (C=O) groups excluding carboxylic acids is 1. The van der Waals surface area contributed by atoms with Crippen molar-refractivity contribution < 1.29 is 4.79 Å². The summed E-state index contributed by atoms with van der Waals surface area (Å²) in [6.07, 6.45) is 3.44. The molecule has 0 aliphatic carbocycles. The Hall–Kier alpha value is -2.43. The molecule has 0 saturated carbocycles. The van der Waals surface area contributed by atoms with Crippen molar-refractivity contribution >= 4 is 17.4 Å². The minimum absolute atomic E-state index is 0.226. The standard InChI is InChI=1S/C18H24N4O/c1-4-5-6-11-19-17-12-16(20-14(3)21-17)18(23)22-15-9-7-13(2)8-10-15/h7-10,12H,4-6,11H2,1-3H3,(H,22,23)(H,19,20,21). The maximum atomic E-state index is 12.4. The molecule has 0 radical (unpaired) electrons. The molecule has 23 heavy (non-hydrogen) atoms. The Bertz CT molecular complexity index is 653. The van der Waals surface area contributed by atoms with Crippen LogP contribution in [0.5, 0.6) is 0 Å². The fourth-order valence-corrected chi connectivity index (χ4v) is 2.20. The summed E-state index contributed by atoms with van der Waals surface area (Å²) in [7, 11) is 0. The van der Waals surface area contributed by atoms with Crippen LogP contribution in [0.15, 0.2) is 30.3 Å². The van der Waals surface area contributed by atoms with Crippen molar-refractivity contribution in [3.05, 3.63) is 47.4 Å². The first kappa shape index (κ1) is 16.9. The van der Waals surface area contributed by atoms with E-state index in [4.69, 9.17) is 0 Å². The van der Waals surface area contributed by atoms with Crippen LogP contribution in [0.1, 0.15) is 48.1 Å². The second kappa shape index (κ2) is 8.27. The summed E-state index contributed by atoms with van der Waals surface area (Å²) in [5.74, 6) is 1.05. The molecular formula is C18H24N4O. The van der Waals surface area contributed by atoms with Crippen molar-refractivity contribution in [2.45, 2.75) is 40.0 Å². The van der Waals surface area contributed by atoms with Gasteiger partial charge in [0.15, 0.2) is 0 Å². The van der Waals surface area contributed by atoms with Crippen LogP contribution in [-0.4, -0.2) is 22.4 Å². The van der Waals surface area contributed by atoms with Crippen LogP contribution >= 0.6 is 0 Å². The quantitative estimate of drug-likeness (QED) is 0.760. The van der Waals surface area contributed by atoms with Crippen molar-refractivity contribution in [2.24, 2.45) is 0 Å². The summed E-state index contributed by atoms with van der Waals surface area (Å²) in [5, 5.41) is 6.12. The number of benzene rings is 1. The van der Waals surface area contributed by atoms with Crippen molar-refractivity contribution in [1.82, 2.24) is 9.97 Å². The Balaban J connectivity index is 2.04. The lowest BCUT2D eigenvalue weighted by molar-refractivity contribution is 0.102. The van der Waals surface area contributed by atoms with E-state index in [1.807, 2.05) is 31.2 Å². The summed E-state index contributed by atoms with van der Waals surface area (Å²) in [6.45, 7) is 6.82. The van der Waals surface area contributed by atoms with Gasteiger partial charge in [0, 0.05) is 18.3 Å². The number of hydrogen-bond donors (Lipinski definition) is 2. The summed E-state index contributed by atoms with van der Waals surface area (Å²) in [6, 6.07) is 9.38. The lowest BCUT2D eigenvalue weighted by Gasteiger charge is -2.09. The molecule has 0 aliphatic heterocycles. The largest absolute Gasteiger partial charge is 0.370 e. The minimum Gasteiger partial charge on any atom is -0.370 e. The lowest BCUT2D eigenvalue weighted by Crippen LogP contribution is -2.16. The molecular weight excluding hydrogens is 288 g/mol. The van der Waals surface area contributed by atoms with Crippen LogP contribution in [0.25, 0.3) is 0 Å². The molecule has 2 aromatic rings. The smallest absolute Gasteiger partial charge is 0.274 e. The third kappa shape index (κ3) is 5.36. The highest BCUT2D eigenvalue weighted by molar-refractivity contribution is 6.03. The van der Waals surface area contributed by atoms with Gasteiger partial charge in [0.05, 0.1) is 0 Å². The molecule has 2 rings (SSSR count). The third-order valence-corrected chi connectivity index (χ3v) is 3.47. The molecule has 1 aromatic carbocycles. The van der Waals surface area contributed by atoms with Gasteiger partial charge >= 0.3 is 0 Å². The first-order chi connectivity index (χ1) is 11.1. The lowest BCUT2D eigenvalue weighted by atomic mass is 10.2. The van der Waals surface area contributed by atoms with E-state index in [2.05, 4.69) is 27.5 Å². The number of nitrogens with one attached hydrogen (secondary N) is 2. The van der Waals surface area contributed by atoms with Crippen LogP contribution in [-0.2, 0) is 0 Å². The molecule has 0 fully saturated rings. The zero-order valence-corrected chi connectivity index (χ0v) is 14.0. The van der Waals surface area contributed by atoms with Gasteiger partial charge in [-0.3, -0.25) is 4.79 Å². The topological polar surface area (TPSA) is 66.9 Å². The van der Waals surface area contributed by atoms with Gasteiger partial charge in [-0.15, -0.1) is 0 Å². The molecule has 0 atom stereocenters. The van der Waals surface area contributed by atoms with E-state index in [1.165, 1.54) is 12.8 Å². The number of unbranched alkanes of at least 4 members (excludes halogenated alkanes) is 2. The molecule has 122 valence electrons. The monoisotopic (exact) mass is 312 g/mol. The molecule has 1 amide bonds. The van der Waals surface area contributed by atoms with Gasteiger partial charge < -0.3 is 10.6 Å². The number of anilines is 2. The second-order valence-corrected chi connectivity index (χ2v) is 5.64. The van der Waals surface area contributed by atoms with Gasteiger partial charge in [0.2, 0.25) is 0 Å². The average Bonchev–Trinajstić information content (AvgIpc) is 2.53. The highest BCUT2D eigenvalue weighted by Crippen LogP contribution is 2.12. The summed E-state index contributed by atoms with van der Waals surface area (Å²) >= 11 is 0. The van der Waals surface area contributed by atoms with E-state index in [0.29, 0.717) is 17.3 Å². The predicted octanol–water partition coefficient (Wildman–Crippen LogP) is 3.95. The maximum Gasteiger partial charge on any atom is 0.274 e. The Morgan fingerprint density at radius 2 is 1.83 bits per heavy atom. The Morgan fingerprint density at radius 3 is 2.52 bits per heavy atom. The fraction of sp³-hybridized carbons (Fsp3) is 0.389. The molecule has 0 aliphatic rings. The summed E-state index contributed by atoms with van der Waals surface area (Å²) in [5.41, 5.74) is 2.28. The number of nitrogens with zero attached hydrogens (tertiary/aromatic N) is 2. The van der Waals surface area contributed by atoms with E-state index in [-0.39, 0.29) is 5.91 Å². The van der Waals surface area contributed by atoms with Gasteiger partial charge in [-0.05, 0) is 32.4 Å². The third-order valence-electron chi connectivity index (χ3n) is 3.47. The summed E-state index contributed by atoms with van der Waals surface area (Å²) < 4.78 is 0. The number of aromatic nitrogens is 2. The van der Waals surface area contributed by atoms with Crippen LogP contribution in [0.3, 0.4) is 0 Å². The average molecular weight is 312 g/mol. The normalized spacial score (nSPS) is 10.4. The van der Waals surface area contributed by atoms with Crippen molar-refractivity contribution in [2.75, 3.05) is 17.2 Å². The number of hydrogen-bond acceptors (Lipinski definition) is 4. The van der Waals surface area contributed by atoms with Gasteiger partial charge in [-0.2, -0.15) is 0 Å². The Labute approximate surface area is 137 Å². The zero-order chi connectivity index (χ0) is 16.7. The predicted molar refractivity (Wildman–Crippen MR) is 93.9 cm³/mol. The van der Waals surface area contributed by atoms with Crippen LogP contribution in [0, 0.1) is 13.8 Å². The van der Waals surface area contributed by atoms with Crippen molar-refractivity contribution in [3.63, 3.8) is 0 Å². The zero-order valence-electron chi connectivity index (χ0n) is 14.0. The van der Waals surface area contributed by atoms with E-state index in [1.54, 1.807) is 13.0 Å². The van der Waals surface area contributed by atoms with Gasteiger partial charge in [0.1, 0.15) is 17.3 Å². The number of carbonyl (C=O) groups is 1. The van der Waals surface area contributed by atoms with Crippen molar-refractivity contribution in [1.29, 1.82) is 0 Å². The van der Waals surface area contributed by atoms with Gasteiger partial charge in [-0.1, -0.05) is 37.5 Å².